The van der Waals surface area contributed by atoms with Crippen LogP contribution in [0.25, 0.3) is 0 Å². The van der Waals surface area contributed by atoms with Crippen LogP contribution in [0.4, 0.5) is 0 Å². The fourth-order valence-corrected chi connectivity index (χ4v) is 2.96. The second kappa shape index (κ2) is 5.87. The van der Waals surface area contributed by atoms with Crippen molar-refractivity contribution in [2.75, 3.05) is 0 Å². The van der Waals surface area contributed by atoms with Crippen molar-refractivity contribution in [1.29, 1.82) is 0 Å². The predicted octanol–water partition coefficient (Wildman–Crippen LogP) is 2.47. The highest BCUT2D eigenvalue weighted by molar-refractivity contribution is 9.10. The Morgan fingerprint density at radius 2 is 2.25 bits per heavy atom. The van der Waals surface area contributed by atoms with Crippen LogP contribution in [0, 0.1) is 5.92 Å². The Bertz CT molecular complexity index is 519. The van der Waals surface area contributed by atoms with E-state index in [1.807, 2.05) is 0 Å². The van der Waals surface area contributed by atoms with Crippen LogP contribution in [-0.4, -0.2) is 22.5 Å². The Morgan fingerprint density at radius 3 is 2.75 bits per heavy atom. The molecule has 20 heavy (non-hydrogen) atoms. The maximum Gasteiger partial charge on any atom is 0.256 e. The van der Waals surface area contributed by atoms with E-state index in [-0.39, 0.29) is 11.7 Å². The third-order valence-electron chi connectivity index (χ3n) is 3.94. The molecule has 1 heterocycles. The normalized spacial score (nSPS) is 27.3. The second-order valence-corrected chi connectivity index (χ2v) is 6.03. The number of rotatable bonds is 3. The third kappa shape index (κ3) is 2.82. The van der Waals surface area contributed by atoms with Crippen molar-refractivity contribution in [2.45, 2.75) is 38.1 Å². The molecule has 1 aromatic heterocycles. The lowest BCUT2D eigenvalue weighted by molar-refractivity contribution is 0.0895. The van der Waals surface area contributed by atoms with Gasteiger partial charge in [0.1, 0.15) is 5.54 Å². The van der Waals surface area contributed by atoms with Gasteiger partial charge >= 0.3 is 0 Å². The van der Waals surface area contributed by atoms with Crippen molar-refractivity contribution < 1.29 is 14.4 Å². The number of hydrogen-bond donors (Lipinski definition) is 3. The van der Waals surface area contributed by atoms with Gasteiger partial charge in [-0.1, -0.05) is 12.1 Å². The van der Waals surface area contributed by atoms with Gasteiger partial charge in [0, 0.05) is 0 Å². The van der Waals surface area contributed by atoms with Crippen LogP contribution < -0.4 is 11.1 Å². The quantitative estimate of drug-likeness (QED) is 0.339. The van der Waals surface area contributed by atoms with Crippen LogP contribution in [0.1, 0.15) is 43.0 Å². The lowest BCUT2D eigenvalue weighted by Crippen LogP contribution is -2.59. The Hall–Kier alpha value is -1.50. The smallest absolute Gasteiger partial charge is 0.256 e. The summed E-state index contributed by atoms with van der Waals surface area (Å²) in [6.45, 7) is 2.16. The second-order valence-electron chi connectivity index (χ2n) is 5.31. The first-order chi connectivity index (χ1) is 9.48. The first-order valence-electron chi connectivity index (χ1n) is 6.52. The van der Waals surface area contributed by atoms with Gasteiger partial charge in [-0.3, -0.25) is 4.79 Å². The number of carbonyl (C=O) groups excluding carboxylic acids is 1. The SMILES string of the molecule is CC1CCC(NC(=O)c2ccoc2Br)(/C(N)=N/O)CC1. The van der Waals surface area contributed by atoms with Gasteiger partial charge < -0.3 is 20.7 Å². The van der Waals surface area contributed by atoms with E-state index in [2.05, 4.69) is 33.3 Å². The Balaban J connectivity index is 2.21. The molecular weight excluding hydrogens is 326 g/mol. The third-order valence-corrected chi connectivity index (χ3v) is 4.56. The number of nitrogens with one attached hydrogen (secondary N) is 1. The zero-order chi connectivity index (χ0) is 14.8. The van der Waals surface area contributed by atoms with Gasteiger partial charge in [-0.25, -0.2) is 0 Å². The molecule has 1 fully saturated rings. The minimum Gasteiger partial charge on any atom is -0.457 e. The summed E-state index contributed by atoms with van der Waals surface area (Å²) < 4.78 is 5.43. The number of carbonyl (C=O) groups is 1. The average molecular weight is 344 g/mol. The lowest BCUT2D eigenvalue weighted by atomic mass is 9.76. The van der Waals surface area contributed by atoms with E-state index >= 15 is 0 Å². The topological polar surface area (TPSA) is 101 Å². The summed E-state index contributed by atoms with van der Waals surface area (Å²) in [6, 6.07) is 1.57. The molecule has 0 spiro atoms. The molecule has 0 bridgehead atoms. The van der Waals surface area contributed by atoms with Crippen molar-refractivity contribution in [3.8, 4) is 0 Å². The van der Waals surface area contributed by atoms with Crippen molar-refractivity contribution >= 4 is 27.7 Å². The molecule has 1 amide bonds. The number of amidine groups is 1. The first kappa shape index (κ1) is 14.9. The molecule has 1 aliphatic rings. The monoisotopic (exact) mass is 343 g/mol. The molecular formula is C13H18BrN3O3. The van der Waals surface area contributed by atoms with Crippen LogP contribution in [0.5, 0.6) is 0 Å². The predicted molar refractivity (Wildman–Crippen MR) is 77.6 cm³/mol. The molecule has 0 atom stereocenters. The van der Waals surface area contributed by atoms with Crippen LogP contribution in [0.3, 0.4) is 0 Å². The van der Waals surface area contributed by atoms with E-state index in [4.69, 9.17) is 15.4 Å². The summed E-state index contributed by atoms with van der Waals surface area (Å²) >= 11 is 3.17. The highest BCUT2D eigenvalue weighted by Gasteiger charge is 2.40. The summed E-state index contributed by atoms with van der Waals surface area (Å²) in [5, 5.41) is 15.0. The standard InChI is InChI=1S/C13H18BrN3O3/c1-8-2-5-13(6-3-8,12(15)17-19)16-11(18)9-4-7-20-10(9)14/h4,7-8,19H,2-3,5-6H2,1H3,(H2,15,17)(H,16,18). The minimum absolute atomic E-state index is 0.0531. The van der Waals surface area contributed by atoms with Gasteiger partial charge in [-0.15, -0.1) is 0 Å². The molecule has 6 nitrogen and oxygen atoms in total. The summed E-state index contributed by atoms with van der Waals surface area (Å²) in [4.78, 5) is 12.3. The molecule has 0 saturated heterocycles. The van der Waals surface area contributed by atoms with E-state index in [1.54, 1.807) is 6.07 Å². The number of amides is 1. The Kier molecular flexibility index (Phi) is 4.37. The van der Waals surface area contributed by atoms with Gasteiger partial charge in [0.25, 0.3) is 5.91 Å². The largest absolute Gasteiger partial charge is 0.457 e. The lowest BCUT2D eigenvalue weighted by Gasteiger charge is -2.38. The molecule has 0 aliphatic heterocycles. The van der Waals surface area contributed by atoms with Gasteiger partial charge in [0.05, 0.1) is 11.8 Å². The number of nitrogens with two attached hydrogens (primary N) is 1. The fourth-order valence-electron chi connectivity index (χ4n) is 2.54. The van der Waals surface area contributed by atoms with Crippen molar-refractivity contribution in [3.05, 3.63) is 22.6 Å². The Morgan fingerprint density at radius 1 is 1.60 bits per heavy atom. The average Bonchev–Trinajstić information content (AvgIpc) is 2.87. The number of oxime groups is 1. The number of furan rings is 1. The first-order valence-corrected chi connectivity index (χ1v) is 7.31. The highest BCUT2D eigenvalue weighted by Crippen LogP contribution is 2.32. The molecule has 1 aliphatic carbocycles. The summed E-state index contributed by atoms with van der Waals surface area (Å²) in [7, 11) is 0. The molecule has 0 aromatic carbocycles. The summed E-state index contributed by atoms with van der Waals surface area (Å²) in [6.07, 6.45) is 4.58. The number of hydrogen-bond acceptors (Lipinski definition) is 4. The van der Waals surface area contributed by atoms with Crippen LogP contribution in [0.2, 0.25) is 0 Å². The number of halogens is 1. The van der Waals surface area contributed by atoms with Crippen LogP contribution in [0.15, 0.2) is 26.6 Å². The van der Waals surface area contributed by atoms with E-state index < -0.39 is 5.54 Å². The van der Waals surface area contributed by atoms with Crippen LogP contribution in [-0.2, 0) is 0 Å². The zero-order valence-electron chi connectivity index (χ0n) is 11.2. The summed E-state index contributed by atoms with van der Waals surface area (Å²) in [5.74, 6) is 0.330. The van der Waals surface area contributed by atoms with Gasteiger partial charge in [0.2, 0.25) is 0 Å². The maximum absolute atomic E-state index is 12.3. The minimum atomic E-state index is -0.783. The fraction of sp³-hybridized carbons (Fsp3) is 0.538. The highest BCUT2D eigenvalue weighted by atomic mass is 79.9. The molecule has 2 rings (SSSR count). The molecule has 0 radical (unpaired) electrons. The Labute approximate surface area is 125 Å². The van der Waals surface area contributed by atoms with Crippen molar-refractivity contribution in [1.82, 2.24) is 5.32 Å². The molecule has 4 N–H and O–H groups in total. The van der Waals surface area contributed by atoms with E-state index in [0.29, 0.717) is 29.0 Å². The van der Waals surface area contributed by atoms with E-state index in [9.17, 15) is 4.79 Å². The zero-order valence-corrected chi connectivity index (χ0v) is 12.8. The van der Waals surface area contributed by atoms with Gasteiger partial charge in [-0.2, -0.15) is 0 Å². The van der Waals surface area contributed by atoms with Crippen molar-refractivity contribution in [3.63, 3.8) is 0 Å². The van der Waals surface area contributed by atoms with Gasteiger partial charge in [0.15, 0.2) is 10.5 Å². The molecule has 1 saturated carbocycles. The van der Waals surface area contributed by atoms with E-state index in [0.717, 1.165) is 12.8 Å². The molecule has 7 heteroatoms. The summed E-state index contributed by atoms with van der Waals surface area (Å²) in [5.41, 5.74) is 5.43. The molecule has 0 unspecified atom stereocenters. The molecule has 1 aromatic rings. The van der Waals surface area contributed by atoms with Crippen molar-refractivity contribution in [2.24, 2.45) is 16.8 Å². The van der Waals surface area contributed by atoms with Gasteiger partial charge in [-0.05, 0) is 53.6 Å². The van der Waals surface area contributed by atoms with Crippen LogP contribution >= 0.6 is 15.9 Å². The molecule has 110 valence electrons. The van der Waals surface area contributed by atoms with E-state index in [1.165, 1.54) is 6.26 Å². The maximum atomic E-state index is 12.3. The number of nitrogens with zero attached hydrogens (tertiary/aromatic N) is 1.